The zero-order valence-corrected chi connectivity index (χ0v) is 11.3. The number of fused-ring (bicyclic) bond motifs is 1. The highest BCUT2D eigenvalue weighted by molar-refractivity contribution is 6.05. The summed E-state index contributed by atoms with van der Waals surface area (Å²) >= 11 is 0. The standard InChI is InChI=1S/C15H12FN3O2/c1-2-14-19-12-7-9(3-4-13(12)21-14)18-15(20)10-5-6-17-8-11(10)16/h3-8H,2H2,1H3,(H,18,20). The van der Waals surface area contributed by atoms with E-state index in [1.54, 1.807) is 18.2 Å². The van der Waals surface area contributed by atoms with Crippen LogP contribution in [0.25, 0.3) is 11.1 Å². The lowest BCUT2D eigenvalue weighted by molar-refractivity contribution is 0.102. The molecule has 2 aromatic heterocycles. The highest BCUT2D eigenvalue weighted by Gasteiger charge is 2.12. The first-order valence-electron chi connectivity index (χ1n) is 6.47. The monoisotopic (exact) mass is 285 g/mol. The number of benzene rings is 1. The smallest absolute Gasteiger partial charge is 0.258 e. The highest BCUT2D eigenvalue weighted by Crippen LogP contribution is 2.21. The number of carbonyl (C=O) groups excluding carboxylic acids is 1. The lowest BCUT2D eigenvalue weighted by atomic mass is 10.2. The van der Waals surface area contributed by atoms with Gasteiger partial charge >= 0.3 is 0 Å². The minimum Gasteiger partial charge on any atom is -0.441 e. The summed E-state index contributed by atoms with van der Waals surface area (Å²) in [6.07, 6.45) is 3.06. The average Bonchev–Trinajstić information content (AvgIpc) is 2.90. The second-order valence-corrected chi connectivity index (χ2v) is 4.45. The topological polar surface area (TPSA) is 68.0 Å². The van der Waals surface area contributed by atoms with Gasteiger partial charge in [0.25, 0.3) is 5.91 Å². The van der Waals surface area contributed by atoms with E-state index in [-0.39, 0.29) is 5.56 Å². The molecule has 0 radical (unpaired) electrons. The van der Waals surface area contributed by atoms with Gasteiger partial charge in [-0.25, -0.2) is 9.37 Å². The summed E-state index contributed by atoms with van der Waals surface area (Å²) in [7, 11) is 0. The summed E-state index contributed by atoms with van der Waals surface area (Å²) in [5.41, 5.74) is 1.78. The van der Waals surface area contributed by atoms with Crippen LogP contribution in [0.4, 0.5) is 10.1 Å². The molecule has 1 aromatic carbocycles. The Morgan fingerprint density at radius 1 is 1.38 bits per heavy atom. The Kier molecular flexibility index (Phi) is 3.35. The van der Waals surface area contributed by atoms with Crippen LogP contribution in [0.2, 0.25) is 0 Å². The molecule has 3 rings (SSSR count). The van der Waals surface area contributed by atoms with E-state index in [1.807, 2.05) is 6.92 Å². The number of aryl methyl sites for hydroxylation is 1. The number of amides is 1. The fraction of sp³-hybridized carbons (Fsp3) is 0.133. The molecule has 1 N–H and O–H groups in total. The van der Waals surface area contributed by atoms with Crippen molar-refractivity contribution in [2.24, 2.45) is 0 Å². The van der Waals surface area contributed by atoms with Gasteiger partial charge in [0.2, 0.25) is 0 Å². The molecule has 0 unspecified atom stereocenters. The maximum absolute atomic E-state index is 13.5. The zero-order valence-electron chi connectivity index (χ0n) is 11.3. The number of oxazole rings is 1. The van der Waals surface area contributed by atoms with Crippen LogP contribution in [0, 0.1) is 5.82 Å². The number of pyridine rings is 1. The van der Waals surface area contributed by atoms with Crippen LogP contribution >= 0.6 is 0 Å². The molecule has 0 aliphatic heterocycles. The molecular formula is C15H12FN3O2. The van der Waals surface area contributed by atoms with Gasteiger partial charge in [0, 0.05) is 18.3 Å². The molecule has 106 valence electrons. The first-order valence-corrected chi connectivity index (χ1v) is 6.47. The van der Waals surface area contributed by atoms with E-state index in [0.717, 1.165) is 6.20 Å². The van der Waals surface area contributed by atoms with E-state index >= 15 is 0 Å². The van der Waals surface area contributed by atoms with Gasteiger partial charge in [-0.1, -0.05) is 6.92 Å². The molecule has 0 saturated carbocycles. The first-order chi connectivity index (χ1) is 10.2. The summed E-state index contributed by atoms with van der Waals surface area (Å²) < 4.78 is 19.0. The zero-order chi connectivity index (χ0) is 14.8. The van der Waals surface area contributed by atoms with E-state index in [1.165, 1.54) is 12.3 Å². The molecule has 5 nitrogen and oxygen atoms in total. The van der Waals surface area contributed by atoms with Crippen LogP contribution < -0.4 is 5.32 Å². The first kappa shape index (κ1) is 13.2. The molecule has 0 aliphatic carbocycles. The van der Waals surface area contributed by atoms with Crippen molar-refractivity contribution in [2.45, 2.75) is 13.3 Å². The average molecular weight is 285 g/mol. The van der Waals surface area contributed by atoms with Crippen molar-refractivity contribution in [1.29, 1.82) is 0 Å². The summed E-state index contributed by atoms with van der Waals surface area (Å²) in [4.78, 5) is 19.9. The molecule has 3 aromatic rings. The van der Waals surface area contributed by atoms with Gasteiger partial charge in [-0.2, -0.15) is 0 Å². The number of halogens is 1. The predicted octanol–water partition coefficient (Wildman–Crippen LogP) is 3.18. The van der Waals surface area contributed by atoms with Crippen LogP contribution in [0.1, 0.15) is 23.2 Å². The predicted molar refractivity (Wildman–Crippen MR) is 75.5 cm³/mol. The van der Waals surface area contributed by atoms with E-state index in [4.69, 9.17) is 4.42 Å². The lowest BCUT2D eigenvalue weighted by Crippen LogP contribution is -2.13. The van der Waals surface area contributed by atoms with Crippen LogP contribution in [-0.2, 0) is 6.42 Å². The Labute approximate surface area is 119 Å². The Morgan fingerprint density at radius 2 is 2.24 bits per heavy atom. The molecule has 1 amide bonds. The van der Waals surface area contributed by atoms with Crippen LogP contribution in [0.15, 0.2) is 41.1 Å². The number of hydrogen-bond donors (Lipinski definition) is 1. The molecule has 6 heteroatoms. The number of anilines is 1. The highest BCUT2D eigenvalue weighted by atomic mass is 19.1. The third kappa shape index (κ3) is 2.60. The van der Waals surface area contributed by atoms with Crippen molar-refractivity contribution in [1.82, 2.24) is 9.97 Å². The SMILES string of the molecule is CCc1nc2cc(NC(=O)c3ccncc3F)ccc2o1. The largest absolute Gasteiger partial charge is 0.441 e. The molecule has 0 atom stereocenters. The van der Waals surface area contributed by atoms with Gasteiger partial charge in [0.05, 0.1) is 11.8 Å². The fourth-order valence-electron chi connectivity index (χ4n) is 1.96. The van der Waals surface area contributed by atoms with Crippen molar-refractivity contribution in [3.63, 3.8) is 0 Å². The van der Waals surface area contributed by atoms with Crippen LogP contribution in [-0.4, -0.2) is 15.9 Å². The van der Waals surface area contributed by atoms with Crippen LogP contribution in [0.3, 0.4) is 0 Å². The summed E-state index contributed by atoms with van der Waals surface area (Å²) in [6.45, 7) is 1.94. The van der Waals surface area contributed by atoms with Gasteiger partial charge in [-0.05, 0) is 24.3 Å². The molecule has 0 spiro atoms. The molecule has 21 heavy (non-hydrogen) atoms. The molecule has 0 fully saturated rings. The Hall–Kier alpha value is -2.76. The van der Waals surface area contributed by atoms with E-state index in [0.29, 0.717) is 29.1 Å². The quantitative estimate of drug-likeness (QED) is 0.802. The summed E-state index contributed by atoms with van der Waals surface area (Å²) in [5, 5.41) is 2.63. The van der Waals surface area contributed by atoms with Gasteiger partial charge in [0.1, 0.15) is 5.52 Å². The fourth-order valence-corrected chi connectivity index (χ4v) is 1.96. The molecule has 0 aliphatic rings. The Bertz CT molecular complexity index is 814. The van der Waals surface area contributed by atoms with Gasteiger partial charge in [0.15, 0.2) is 17.3 Å². The van der Waals surface area contributed by atoms with Crippen molar-refractivity contribution >= 4 is 22.7 Å². The van der Waals surface area contributed by atoms with Crippen molar-refractivity contribution in [3.8, 4) is 0 Å². The van der Waals surface area contributed by atoms with E-state index in [9.17, 15) is 9.18 Å². The van der Waals surface area contributed by atoms with E-state index < -0.39 is 11.7 Å². The summed E-state index contributed by atoms with van der Waals surface area (Å²) in [6, 6.07) is 6.42. The lowest BCUT2D eigenvalue weighted by Gasteiger charge is -2.05. The Morgan fingerprint density at radius 3 is 3.00 bits per heavy atom. The maximum atomic E-state index is 13.5. The maximum Gasteiger partial charge on any atom is 0.258 e. The third-order valence-corrected chi connectivity index (χ3v) is 3.01. The number of aromatic nitrogens is 2. The van der Waals surface area contributed by atoms with E-state index in [2.05, 4.69) is 15.3 Å². The second kappa shape index (κ2) is 5.32. The Balaban J connectivity index is 1.87. The van der Waals surface area contributed by atoms with Crippen molar-refractivity contribution in [3.05, 3.63) is 53.9 Å². The van der Waals surface area contributed by atoms with Gasteiger partial charge in [-0.3, -0.25) is 9.78 Å². The number of hydrogen-bond acceptors (Lipinski definition) is 4. The van der Waals surface area contributed by atoms with Crippen molar-refractivity contribution < 1.29 is 13.6 Å². The normalized spacial score (nSPS) is 10.8. The van der Waals surface area contributed by atoms with Crippen LogP contribution in [0.5, 0.6) is 0 Å². The number of nitrogens with zero attached hydrogens (tertiary/aromatic N) is 2. The molecule has 0 saturated heterocycles. The van der Waals surface area contributed by atoms with Gasteiger partial charge in [-0.15, -0.1) is 0 Å². The number of carbonyl (C=O) groups is 1. The number of rotatable bonds is 3. The van der Waals surface area contributed by atoms with Crippen molar-refractivity contribution in [2.75, 3.05) is 5.32 Å². The second-order valence-electron chi connectivity index (χ2n) is 4.45. The minimum atomic E-state index is -0.661. The molecule has 2 heterocycles. The molecular weight excluding hydrogens is 273 g/mol. The number of nitrogens with one attached hydrogen (secondary N) is 1. The summed E-state index contributed by atoms with van der Waals surface area (Å²) in [5.74, 6) is -0.562. The van der Waals surface area contributed by atoms with Gasteiger partial charge < -0.3 is 9.73 Å². The minimum absolute atomic E-state index is 0.0560. The molecule has 0 bridgehead atoms. The third-order valence-electron chi connectivity index (χ3n) is 3.01.